The fourth-order valence-electron chi connectivity index (χ4n) is 2.94. The molecule has 5 atom stereocenters. The third kappa shape index (κ3) is 7.99. The SMILES string of the molecule is C=C[C@@H]1[C@H](OCCCC)[C@@H](OC(C)=O)O[C@H](COC(C)=O)[C@H]1OCCCC. The lowest BCUT2D eigenvalue weighted by Gasteiger charge is -2.44. The van der Waals surface area contributed by atoms with Crippen LogP contribution in [-0.4, -0.2) is 56.4 Å². The average Bonchev–Trinajstić information content (AvgIpc) is 2.61. The Morgan fingerprint density at radius 3 is 2.07 bits per heavy atom. The lowest BCUT2D eigenvalue weighted by atomic mass is 9.88. The zero-order valence-corrected chi connectivity index (χ0v) is 17.0. The van der Waals surface area contributed by atoms with E-state index < -0.39 is 36.5 Å². The van der Waals surface area contributed by atoms with E-state index >= 15 is 0 Å². The summed E-state index contributed by atoms with van der Waals surface area (Å²) in [7, 11) is 0. The van der Waals surface area contributed by atoms with Crippen LogP contribution < -0.4 is 0 Å². The third-order valence-corrected chi connectivity index (χ3v) is 4.32. The molecule has 0 bridgehead atoms. The zero-order valence-electron chi connectivity index (χ0n) is 17.0. The van der Waals surface area contributed by atoms with Crippen LogP contribution in [0.5, 0.6) is 0 Å². The van der Waals surface area contributed by atoms with Crippen LogP contribution in [0.2, 0.25) is 0 Å². The minimum atomic E-state index is -0.908. The van der Waals surface area contributed by atoms with Gasteiger partial charge in [0.15, 0.2) is 0 Å². The Morgan fingerprint density at radius 1 is 1.00 bits per heavy atom. The van der Waals surface area contributed by atoms with Gasteiger partial charge in [0.05, 0.1) is 6.10 Å². The van der Waals surface area contributed by atoms with Gasteiger partial charge in [-0.15, -0.1) is 6.58 Å². The largest absolute Gasteiger partial charge is 0.463 e. The molecule has 1 aliphatic rings. The minimum absolute atomic E-state index is 0.00983. The van der Waals surface area contributed by atoms with Gasteiger partial charge >= 0.3 is 11.9 Å². The molecule has 0 radical (unpaired) electrons. The summed E-state index contributed by atoms with van der Waals surface area (Å²) in [5.41, 5.74) is 0. The van der Waals surface area contributed by atoms with E-state index in [1.807, 2.05) is 0 Å². The predicted octanol–water partition coefficient (Wildman–Crippen LogP) is 3.01. The Balaban J connectivity index is 3.02. The molecule has 7 nitrogen and oxygen atoms in total. The maximum atomic E-state index is 11.5. The Kier molecular flexibility index (Phi) is 11.2. The fraction of sp³-hybridized carbons (Fsp3) is 0.800. The summed E-state index contributed by atoms with van der Waals surface area (Å²) >= 11 is 0. The van der Waals surface area contributed by atoms with Crippen molar-refractivity contribution in [2.24, 2.45) is 5.92 Å². The van der Waals surface area contributed by atoms with Crippen LogP contribution in [0.4, 0.5) is 0 Å². The summed E-state index contributed by atoms with van der Waals surface area (Å²) in [6, 6.07) is 0. The molecule has 0 aromatic rings. The van der Waals surface area contributed by atoms with Crippen molar-refractivity contribution in [1.29, 1.82) is 0 Å². The van der Waals surface area contributed by atoms with E-state index in [1.165, 1.54) is 13.8 Å². The van der Waals surface area contributed by atoms with Crippen molar-refractivity contribution < 1.29 is 33.3 Å². The molecule has 0 aromatic carbocycles. The number of rotatable bonds is 12. The standard InChI is InChI=1S/C20H34O7/c1-6-9-11-23-18-16(8-3)19(24-12-10-7-2)20(26-15(5)22)27-17(18)13-25-14(4)21/h8,16-20H,3,6-7,9-13H2,1-2,4-5H3/t16-,17+,18-,19-,20-/m0/s1. The van der Waals surface area contributed by atoms with Gasteiger partial charge < -0.3 is 23.7 Å². The lowest BCUT2D eigenvalue weighted by molar-refractivity contribution is -0.290. The van der Waals surface area contributed by atoms with Gasteiger partial charge in [0.2, 0.25) is 6.29 Å². The van der Waals surface area contributed by atoms with Gasteiger partial charge in [-0.2, -0.15) is 0 Å². The maximum Gasteiger partial charge on any atom is 0.305 e. The fourth-order valence-corrected chi connectivity index (χ4v) is 2.94. The molecule has 0 spiro atoms. The number of esters is 2. The van der Waals surface area contributed by atoms with Gasteiger partial charge in [0.1, 0.15) is 18.8 Å². The van der Waals surface area contributed by atoms with Gasteiger partial charge in [-0.3, -0.25) is 9.59 Å². The molecule has 0 unspecified atom stereocenters. The van der Waals surface area contributed by atoms with Crippen molar-refractivity contribution >= 4 is 11.9 Å². The van der Waals surface area contributed by atoms with E-state index in [1.54, 1.807) is 6.08 Å². The van der Waals surface area contributed by atoms with Crippen molar-refractivity contribution in [2.45, 2.75) is 78.0 Å². The summed E-state index contributed by atoms with van der Waals surface area (Å²) in [6.45, 7) is 11.8. The Hall–Kier alpha value is -1.44. The highest BCUT2D eigenvalue weighted by molar-refractivity contribution is 5.66. The normalized spacial score (nSPS) is 27.8. The van der Waals surface area contributed by atoms with Crippen LogP contribution in [0.3, 0.4) is 0 Å². The average molecular weight is 386 g/mol. The second-order valence-corrected chi connectivity index (χ2v) is 6.65. The summed E-state index contributed by atoms with van der Waals surface area (Å²) < 4.78 is 28.5. The Bertz CT molecular complexity index is 465. The first kappa shape index (κ1) is 23.6. The van der Waals surface area contributed by atoms with E-state index in [9.17, 15) is 9.59 Å². The van der Waals surface area contributed by atoms with Crippen LogP contribution in [0, 0.1) is 5.92 Å². The van der Waals surface area contributed by atoms with Crippen LogP contribution in [0.15, 0.2) is 12.7 Å². The molecule has 0 saturated carbocycles. The van der Waals surface area contributed by atoms with Crippen molar-refractivity contribution in [3.05, 3.63) is 12.7 Å². The molecule has 27 heavy (non-hydrogen) atoms. The first-order valence-electron chi connectivity index (χ1n) is 9.76. The van der Waals surface area contributed by atoms with Gasteiger partial charge in [0, 0.05) is 33.0 Å². The molecular formula is C20H34O7. The summed E-state index contributed by atoms with van der Waals surface area (Å²) in [5.74, 6) is -1.15. The van der Waals surface area contributed by atoms with E-state index in [2.05, 4.69) is 20.4 Å². The molecule has 1 saturated heterocycles. The predicted molar refractivity (Wildman–Crippen MR) is 100 cm³/mol. The van der Waals surface area contributed by atoms with E-state index in [-0.39, 0.29) is 12.5 Å². The van der Waals surface area contributed by atoms with E-state index in [4.69, 9.17) is 23.7 Å². The zero-order chi connectivity index (χ0) is 20.2. The molecule has 0 N–H and O–H groups in total. The number of carbonyl (C=O) groups is 2. The smallest absolute Gasteiger partial charge is 0.305 e. The van der Waals surface area contributed by atoms with Crippen LogP contribution in [-0.2, 0) is 33.3 Å². The summed E-state index contributed by atoms with van der Waals surface area (Å²) in [6.07, 6.45) is 3.07. The van der Waals surface area contributed by atoms with Gasteiger partial charge in [-0.25, -0.2) is 0 Å². The quantitative estimate of drug-likeness (QED) is 0.290. The molecule has 1 rings (SSSR count). The van der Waals surface area contributed by atoms with Crippen molar-refractivity contribution in [2.75, 3.05) is 19.8 Å². The molecule has 1 fully saturated rings. The maximum absolute atomic E-state index is 11.5. The highest BCUT2D eigenvalue weighted by Crippen LogP contribution is 2.33. The highest BCUT2D eigenvalue weighted by Gasteiger charge is 2.47. The number of unbranched alkanes of at least 4 members (excludes halogenated alkanes) is 2. The second kappa shape index (κ2) is 12.9. The Morgan fingerprint density at radius 2 is 1.59 bits per heavy atom. The first-order valence-corrected chi connectivity index (χ1v) is 9.76. The molecular weight excluding hydrogens is 352 g/mol. The van der Waals surface area contributed by atoms with E-state index in [0.717, 1.165) is 25.7 Å². The van der Waals surface area contributed by atoms with E-state index in [0.29, 0.717) is 13.2 Å². The molecule has 1 aliphatic heterocycles. The van der Waals surface area contributed by atoms with Crippen LogP contribution in [0.1, 0.15) is 53.4 Å². The van der Waals surface area contributed by atoms with Gasteiger partial charge in [-0.1, -0.05) is 32.8 Å². The third-order valence-electron chi connectivity index (χ3n) is 4.32. The first-order chi connectivity index (χ1) is 12.9. The molecule has 0 amide bonds. The van der Waals surface area contributed by atoms with Crippen molar-refractivity contribution in [3.8, 4) is 0 Å². The number of hydrogen-bond donors (Lipinski definition) is 0. The monoisotopic (exact) mass is 386 g/mol. The minimum Gasteiger partial charge on any atom is -0.463 e. The van der Waals surface area contributed by atoms with Gasteiger partial charge in [0.25, 0.3) is 0 Å². The number of carbonyl (C=O) groups excluding carboxylic acids is 2. The molecule has 156 valence electrons. The molecule has 7 heteroatoms. The van der Waals surface area contributed by atoms with Gasteiger partial charge in [-0.05, 0) is 12.8 Å². The Labute approximate surface area is 162 Å². The van der Waals surface area contributed by atoms with Crippen molar-refractivity contribution in [3.63, 3.8) is 0 Å². The number of hydrogen-bond acceptors (Lipinski definition) is 7. The van der Waals surface area contributed by atoms with Crippen LogP contribution >= 0.6 is 0 Å². The van der Waals surface area contributed by atoms with Crippen LogP contribution in [0.25, 0.3) is 0 Å². The highest BCUT2D eigenvalue weighted by atomic mass is 16.7. The topological polar surface area (TPSA) is 80.3 Å². The molecule has 0 aliphatic carbocycles. The van der Waals surface area contributed by atoms with Crippen molar-refractivity contribution in [1.82, 2.24) is 0 Å². The lowest BCUT2D eigenvalue weighted by Crippen LogP contribution is -2.58. The summed E-state index contributed by atoms with van der Waals surface area (Å²) in [4.78, 5) is 22.8. The molecule has 1 heterocycles. The second-order valence-electron chi connectivity index (χ2n) is 6.65. The number of ether oxygens (including phenoxy) is 5. The molecule has 0 aromatic heterocycles. The summed E-state index contributed by atoms with van der Waals surface area (Å²) in [5, 5.41) is 0.